The Morgan fingerprint density at radius 3 is 2.65 bits per heavy atom. The molecule has 0 aromatic heterocycles. The molecule has 0 bridgehead atoms. The topological polar surface area (TPSA) is 24.1 Å². The predicted octanol–water partition coefficient (Wildman–Crippen LogP) is 4.95. The molecule has 0 aliphatic rings. The highest BCUT2D eigenvalue weighted by Gasteiger charge is 2.05. The van der Waals surface area contributed by atoms with Gasteiger partial charge in [-0.1, -0.05) is 34.1 Å². The van der Waals surface area contributed by atoms with Gasteiger partial charge in [0.05, 0.1) is 5.69 Å². The molecule has 122 valence electrons. The van der Waals surface area contributed by atoms with Crippen LogP contribution < -0.4 is 10.6 Å². The van der Waals surface area contributed by atoms with Crippen molar-refractivity contribution in [1.29, 1.82) is 0 Å². The van der Waals surface area contributed by atoms with Gasteiger partial charge in [-0.25, -0.2) is 8.78 Å². The second-order valence-electron chi connectivity index (χ2n) is 4.65. The van der Waals surface area contributed by atoms with E-state index in [0.717, 1.165) is 5.75 Å². The number of halogens is 3. The van der Waals surface area contributed by atoms with E-state index in [1.54, 1.807) is 36.0 Å². The summed E-state index contributed by atoms with van der Waals surface area (Å²) in [4.78, 5) is 0. The summed E-state index contributed by atoms with van der Waals surface area (Å²) in [5.74, 6) is 0.808. The van der Waals surface area contributed by atoms with E-state index in [9.17, 15) is 8.78 Å². The van der Waals surface area contributed by atoms with E-state index in [1.165, 1.54) is 12.1 Å². The Bertz CT molecular complexity index is 683. The second-order valence-corrected chi connectivity index (χ2v) is 7.08. The molecule has 0 fully saturated rings. The largest absolute Gasteiger partial charge is 0.362 e. The van der Waals surface area contributed by atoms with Gasteiger partial charge in [-0.3, -0.25) is 0 Å². The SMILES string of the molecule is Fc1ccccc1CSCCNC(=S)Nc1ccc(Br)cc1F. The van der Waals surface area contributed by atoms with Crippen molar-refractivity contribution in [3.8, 4) is 0 Å². The molecule has 2 N–H and O–H groups in total. The highest BCUT2D eigenvalue weighted by molar-refractivity contribution is 9.10. The van der Waals surface area contributed by atoms with Gasteiger partial charge in [0.25, 0.3) is 0 Å². The molecule has 2 aromatic carbocycles. The van der Waals surface area contributed by atoms with Crippen LogP contribution in [-0.2, 0) is 5.75 Å². The number of nitrogens with one attached hydrogen (secondary N) is 2. The van der Waals surface area contributed by atoms with Crippen LogP contribution >= 0.6 is 39.9 Å². The fourth-order valence-electron chi connectivity index (χ4n) is 1.79. The summed E-state index contributed by atoms with van der Waals surface area (Å²) in [6, 6.07) is 11.4. The van der Waals surface area contributed by atoms with E-state index < -0.39 is 0 Å². The minimum absolute atomic E-state index is 0.184. The fourth-order valence-corrected chi connectivity index (χ4v) is 3.18. The van der Waals surface area contributed by atoms with Gasteiger partial charge in [-0.05, 0) is 42.0 Å². The van der Waals surface area contributed by atoms with Crippen LogP contribution in [0.4, 0.5) is 14.5 Å². The highest BCUT2D eigenvalue weighted by Crippen LogP contribution is 2.19. The Morgan fingerprint density at radius 1 is 1.13 bits per heavy atom. The lowest BCUT2D eigenvalue weighted by molar-refractivity contribution is 0.617. The van der Waals surface area contributed by atoms with Crippen LogP contribution in [0.25, 0.3) is 0 Å². The average Bonchev–Trinajstić information content (AvgIpc) is 2.51. The van der Waals surface area contributed by atoms with E-state index in [-0.39, 0.29) is 11.6 Å². The number of thioether (sulfide) groups is 1. The van der Waals surface area contributed by atoms with Gasteiger partial charge < -0.3 is 10.6 Å². The molecule has 0 unspecified atom stereocenters. The zero-order chi connectivity index (χ0) is 16.7. The molecule has 23 heavy (non-hydrogen) atoms. The Labute approximate surface area is 152 Å². The molecule has 2 nitrogen and oxygen atoms in total. The fraction of sp³-hybridized carbons (Fsp3) is 0.188. The minimum atomic E-state index is -0.377. The van der Waals surface area contributed by atoms with E-state index in [4.69, 9.17) is 12.2 Å². The molecule has 0 saturated heterocycles. The first-order valence-corrected chi connectivity index (χ1v) is 9.23. The Balaban J connectivity index is 1.68. The summed E-state index contributed by atoms with van der Waals surface area (Å²) in [6.45, 7) is 0.614. The molecule has 2 aromatic rings. The number of thiocarbonyl (C=S) groups is 1. The zero-order valence-electron chi connectivity index (χ0n) is 12.1. The van der Waals surface area contributed by atoms with Crippen LogP contribution in [0.2, 0.25) is 0 Å². The molecule has 0 spiro atoms. The van der Waals surface area contributed by atoms with Crippen molar-refractivity contribution in [3.05, 3.63) is 64.1 Å². The van der Waals surface area contributed by atoms with Gasteiger partial charge in [0.1, 0.15) is 11.6 Å². The number of anilines is 1. The zero-order valence-corrected chi connectivity index (χ0v) is 15.3. The number of hydrogen-bond acceptors (Lipinski definition) is 2. The predicted molar refractivity (Wildman–Crippen MR) is 101 cm³/mol. The molecule has 0 atom stereocenters. The lowest BCUT2D eigenvalue weighted by atomic mass is 10.2. The van der Waals surface area contributed by atoms with Gasteiger partial charge in [-0.15, -0.1) is 0 Å². The third kappa shape index (κ3) is 6.08. The van der Waals surface area contributed by atoms with Gasteiger partial charge in [0.2, 0.25) is 0 Å². The van der Waals surface area contributed by atoms with Crippen LogP contribution in [0.5, 0.6) is 0 Å². The maximum Gasteiger partial charge on any atom is 0.170 e. The summed E-state index contributed by atoms with van der Waals surface area (Å²) >= 11 is 9.93. The third-order valence-corrected chi connectivity index (χ3v) is 4.67. The Morgan fingerprint density at radius 2 is 1.91 bits per heavy atom. The summed E-state index contributed by atoms with van der Waals surface area (Å²) in [7, 11) is 0. The highest BCUT2D eigenvalue weighted by atomic mass is 79.9. The summed E-state index contributed by atoms with van der Waals surface area (Å²) < 4.78 is 27.8. The first kappa shape index (κ1) is 18.2. The van der Waals surface area contributed by atoms with Crippen molar-refractivity contribution in [2.45, 2.75) is 5.75 Å². The van der Waals surface area contributed by atoms with Crippen LogP contribution in [0.15, 0.2) is 46.9 Å². The molecule has 0 heterocycles. The van der Waals surface area contributed by atoms with Crippen molar-refractivity contribution >= 4 is 50.7 Å². The molecule has 0 aliphatic heterocycles. The first-order valence-electron chi connectivity index (χ1n) is 6.87. The summed E-state index contributed by atoms with van der Waals surface area (Å²) in [5, 5.41) is 6.17. The smallest absolute Gasteiger partial charge is 0.170 e. The van der Waals surface area contributed by atoms with E-state index in [2.05, 4.69) is 26.6 Å². The van der Waals surface area contributed by atoms with Gasteiger partial charge in [0, 0.05) is 22.5 Å². The van der Waals surface area contributed by atoms with Crippen molar-refractivity contribution in [3.63, 3.8) is 0 Å². The molecule has 0 saturated carbocycles. The number of benzene rings is 2. The number of rotatable bonds is 6. The molecule has 0 radical (unpaired) electrons. The second kappa shape index (κ2) is 9.20. The summed E-state index contributed by atoms with van der Waals surface area (Å²) in [6.07, 6.45) is 0. The van der Waals surface area contributed by atoms with Crippen LogP contribution in [0.3, 0.4) is 0 Å². The molecular formula is C16H15BrF2N2S2. The normalized spacial score (nSPS) is 10.4. The van der Waals surface area contributed by atoms with Crippen LogP contribution in [0.1, 0.15) is 5.56 Å². The first-order chi connectivity index (χ1) is 11.1. The minimum Gasteiger partial charge on any atom is -0.362 e. The monoisotopic (exact) mass is 416 g/mol. The Kier molecular flexibility index (Phi) is 7.26. The quantitative estimate of drug-likeness (QED) is 0.513. The van der Waals surface area contributed by atoms with Gasteiger partial charge in [0.15, 0.2) is 5.11 Å². The molecule has 0 aliphatic carbocycles. The average molecular weight is 417 g/mol. The maximum absolute atomic E-state index is 13.7. The Hall–Kier alpha value is -1.18. The van der Waals surface area contributed by atoms with Crippen molar-refractivity contribution < 1.29 is 8.78 Å². The molecule has 2 rings (SSSR count). The van der Waals surface area contributed by atoms with E-state index in [0.29, 0.717) is 33.1 Å². The van der Waals surface area contributed by atoms with Gasteiger partial charge >= 0.3 is 0 Å². The number of hydrogen-bond donors (Lipinski definition) is 2. The molecule has 7 heteroatoms. The summed E-state index contributed by atoms with van der Waals surface area (Å²) in [5.41, 5.74) is 1.01. The maximum atomic E-state index is 13.7. The van der Waals surface area contributed by atoms with E-state index in [1.807, 2.05) is 6.07 Å². The lowest BCUT2D eigenvalue weighted by Crippen LogP contribution is -2.30. The van der Waals surface area contributed by atoms with Crippen molar-refractivity contribution in [2.75, 3.05) is 17.6 Å². The van der Waals surface area contributed by atoms with Gasteiger partial charge in [-0.2, -0.15) is 11.8 Å². The van der Waals surface area contributed by atoms with Crippen LogP contribution in [-0.4, -0.2) is 17.4 Å². The third-order valence-electron chi connectivity index (χ3n) is 2.93. The van der Waals surface area contributed by atoms with Crippen molar-refractivity contribution in [1.82, 2.24) is 5.32 Å². The lowest BCUT2D eigenvalue weighted by Gasteiger charge is -2.11. The van der Waals surface area contributed by atoms with E-state index >= 15 is 0 Å². The van der Waals surface area contributed by atoms with Crippen molar-refractivity contribution in [2.24, 2.45) is 0 Å². The molecule has 0 amide bonds. The standard InChI is InChI=1S/C16H15BrF2N2S2/c17-12-5-6-15(14(19)9-12)21-16(22)20-7-8-23-10-11-3-1-2-4-13(11)18/h1-6,9H,7-8,10H2,(H2,20,21,22). The van der Waals surface area contributed by atoms with Crippen LogP contribution in [0, 0.1) is 11.6 Å². The molecular weight excluding hydrogens is 402 g/mol.